The van der Waals surface area contributed by atoms with Crippen molar-refractivity contribution in [2.75, 3.05) is 49.1 Å². The summed E-state index contributed by atoms with van der Waals surface area (Å²) in [7, 11) is -3.63. The van der Waals surface area contributed by atoms with Gasteiger partial charge in [0.05, 0.1) is 4.90 Å². The van der Waals surface area contributed by atoms with E-state index in [1.54, 1.807) is 24.4 Å². The third kappa shape index (κ3) is 4.11. The van der Waals surface area contributed by atoms with Crippen LogP contribution >= 0.6 is 0 Å². The Morgan fingerprint density at radius 2 is 1.69 bits per heavy atom. The third-order valence-corrected chi connectivity index (χ3v) is 7.35. The number of Topliss-reactive ketones (excluding diaryl/α,β-unsaturated/α-hetero) is 1. The van der Waals surface area contributed by atoms with Crippen LogP contribution in [0.3, 0.4) is 0 Å². The van der Waals surface area contributed by atoms with E-state index in [0.717, 1.165) is 37.7 Å². The highest BCUT2D eigenvalue weighted by Gasteiger charge is 2.29. The number of nitrogens with zero attached hydrogens (tertiary/aromatic N) is 5. The van der Waals surface area contributed by atoms with E-state index in [4.69, 9.17) is 4.98 Å². The van der Waals surface area contributed by atoms with Gasteiger partial charge < -0.3 is 9.80 Å². The average molecular weight is 416 g/mol. The minimum atomic E-state index is -3.63. The number of hydrogen-bond acceptors (Lipinski definition) is 7. The van der Waals surface area contributed by atoms with Gasteiger partial charge in [-0.25, -0.2) is 13.4 Å². The number of anilines is 2. The monoisotopic (exact) mass is 415 g/mol. The molecule has 0 amide bonds. The number of benzene rings is 1. The SMILES string of the molecule is CC(=O)c1cccc(S(=O)(=O)N2CCN(c3ccnc(N4CCCC4)n3)CC2)c1. The fourth-order valence-electron chi connectivity index (χ4n) is 3.77. The molecule has 3 heterocycles. The summed E-state index contributed by atoms with van der Waals surface area (Å²) in [6, 6.07) is 8.12. The number of piperazine rings is 1. The quantitative estimate of drug-likeness (QED) is 0.688. The standard InChI is InChI=1S/C20H25N5O3S/c1-16(26)17-5-4-6-18(15-17)29(27,28)25-13-11-23(12-14-25)19-7-8-21-20(22-19)24-9-2-3-10-24/h4-8,15H,2-3,9-14H2,1H3. The Bertz CT molecular complexity index is 997. The highest BCUT2D eigenvalue weighted by Crippen LogP contribution is 2.23. The maximum absolute atomic E-state index is 13.0. The van der Waals surface area contributed by atoms with E-state index in [1.165, 1.54) is 17.3 Å². The first-order valence-electron chi connectivity index (χ1n) is 9.89. The second-order valence-corrected chi connectivity index (χ2v) is 9.32. The van der Waals surface area contributed by atoms with Crippen LogP contribution in [0, 0.1) is 0 Å². The van der Waals surface area contributed by atoms with Crippen molar-refractivity contribution in [3.8, 4) is 0 Å². The molecule has 9 heteroatoms. The predicted octanol–water partition coefficient (Wildman–Crippen LogP) is 1.79. The van der Waals surface area contributed by atoms with Gasteiger partial charge in [0.15, 0.2) is 5.78 Å². The van der Waals surface area contributed by atoms with Crippen molar-refractivity contribution in [3.05, 3.63) is 42.1 Å². The van der Waals surface area contributed by atoms with E-state index in [1.807, 2.05) is 6.07 Å². The van der Waals surface area contributed by atoms with Crippen molar-refractivity contribution in [2.45, 2.75) is 24.7 Å². The van der Waals surface area contributed by atoms with E-state index >= 15 is 0 Å². The molecule has 8 nitrogen and oxygen atoms in total. The Balaban J connectivity index is 1.46. The van der Waals surface area contributed by atoms with Crippen LogP contribution in [-0.4, -0.2) is 67.7 Å². The lowest BCUT2D eigenvalue weighted by Crippen LogP contribution is -2.49. The topological polar surface area (TPSA) is 86.7 Å². The summed E-state index contributed by atoms with van der Waals surface area (Å²) < 4.78 is 27.5. The molecule has 2 saturated heterocycles. The number of carbonyl (C=O) groups excluding carboxylic acids is 1. The second kappa shape index (κ2) is 8.08. The molecule has 29 heavy (non-hydrogen) atoms. The minimum absolute atomic E-state index is 0.149. The van der Waals surface area contributed by atoms with Crippen LogP contribution in [0.15, 0.2) is 41.4 Å². The molecule has 154 valence electrons. The highest BCUT2D eigenvalue weighted by atomic mass is 32.2. The summed E-state index contributed by atoms with van der Waals surface area (Å²) >= 11 is 0. The van der Waals surface area contributed by atoms with Crippen molar-refractivity contribution in [2.24, 2.45) is 0 Å². The molecule has 0 aliphatic carbocycles. The van der Waals surface area contributed by atoms with Crippen LogP contribution in [0.25, 0.3) is 0 Å². The van der Waals surface area contributed by atoms with E-state index in [-0.39, 0.29) is 10.7 Å². The summed E-state index contributed by atoms with van der Waals surface area (Å²) in [4.78, 5) is 25.1. The number of aromatic nitrogens is 2. The fraction of sp³-hybridized carbons (Fsp3) is 0.450. The molecule has 0 saturated carbocycles. The number of hydrogen-bond donors (Lipinski definition) is 0. The van der Waals surface area contributed by atoms with E-state index in [2.05, 4.69) is 14.8 Å². The number of carbonyl (C=O) groups is 1. The Hall–Kier alpha value is -2.52. The first kappa shape index (κ1) is 19.8. The fourth-order valence-corrected chi connectivity index (χ4v) is 5.24. The van der Waals surface area contributed by atoms with Gasteiger partial charge in [0.25, 0.3) is 0 Å². The maximum atomic E-state index is 13.0. The van der Waals surface area contributed by atoms with E-state index in [9.17, 15) is 13.2 Å². The Morgan fingerprint density at radius 3 is 2.38 bits per heavy atom. The van der Waals surface area contributed by atoms with E-state index in [0.29, 0.717) is 31.7 Å². The minimum Gasteiger partial charge on any atom is -0.354 e. The maximum Gasteiger partial charge on any atom is 0.243 e. The van der Waals surface area contributed by atoms with Gasteiger partial charge in [0.1, 0.15) is 5.82 Å². The molecular weight excluding hydrogens is 390 g/mol. The van der Waals surface area contributed by atoms with Crippen LogP contribution in [0.1, 0.15) is 30.1 Å². The normalized spacial score (nSPS) is 18.2. The zero-order chi connectivity index (χ0) is 20.4. The van der Waals surface area contributed by atoms with Crippen LogP contribution in [0.5, 0.6) is 0 Å². The summed E-state index contributed by atoms with van der Waals surface area (Å²) in [5, 5.41) is 0. The largest absolute Gasteiger partial charge is 0.354 e. The van der Waals surface area contributed by atoms with Gasteiger partial charge in [-0.05, 0) is 38.0 Å². The first-order chi connectivity index (χ1) is 13.9. The van der Waals surface area contributed by atoms with Crippen molar-refractivity contribution >= 4 is 27.6 Å². The Kier molecular flexibility index (Phi) is 5.51. The average Bonchev–Trinajstić information content (AvgIpc) is 3.29. The van der Waals surface area contributed by atoms with Crippen LogP contribution in [0.4, 0.5) is 11.8 Å². The Morgan fingerprint density at radius 1 is 0.966 bits per heavy atom. The lowest BCUT2D eigenvalue weighted by molar-refractivity contribution is 0.101. The molecule has 2 aliphatic rings. The molecular formula is C20H25N5O3S. The molecule has 0 spiro atoms. The molecule has 1 aromatic carbocycles. The lowest BCUT2D eigenvalue weighted by Gasteiger charge is -2.35. The van der Waals surface area contributed by atoms with E-state index < -0.39 is 10.0 Å². The summed E-state index contributed by atoms with van der Waals surface area (Å²) in [5.74, 6) is 1.43. The highest BCUT2D eigenvalue weighted by molar-refractivity contribution is 7.89. The van der Waals surface area contributed by atoms with Crippen LogP contribution < -0.4 is 9.80 Å². The van der Waals surface area contributed by atoms with Gasteiger partial charge >= 0.3 is 0 Å². The molecule has 2 aliphatic heterocycles. The molecule has 0 N–H and O–H groups in total. The summed E-state index contributed by atoms with van der Waals surface area (Å²) in [5.41, 5.74) is 0.403. The van der Waals surface area contributed by atoms with Crippen molar-refractivity contribution in [1.82, 2.24) is 14.3 Å². The van der Waals surface area contributed by atoms with Gasteiger partial charge in [0, 0.05) is 51.0 Å². The first-order valence-corrected chi connectivity index (χ1v) is 11.3. The van der Waals surface area contributed by atoms with Crippen molar-refractivity contribution in [3.63, 3.8) is 0 Å². The molecule has 0 unspecified atom stereocenters. The van der Waals surface area contributed by atoms with Gasteiger partial charge in [0.2, 0.25) is 16.0 Å². The summed E-state index contributed by atoms with van der Waals surface area (Å²) in [6.45, 7) is 5.25. The number of ketones is 1. The summed E-state index contributed by atoms with van der Waals surface area (Å²) in [6.07, 6.45) is 4.09. The van der Waals surface area contributed by atoms with Crippen molar-refractivity contribution < 1.29 is 13.2 Å². The molecule has 2 fully saturated rings. The second-order valence-electron chi connectivity index (χ2n) is 7.38. The van der Waals surface area contributed by atoms with Gasteiger partial charge in [-0.15, -0.1) is 0 Å². The van der Waals surface area contributed by atoms with Gasteiger partial charge in [-0.3, -0.25) is 4.79 Å². The zero-order valence-corrected chi connectivity index (χ0v) is 17.3. The number of rotatable bonds is 5. The molecule has 2 aromatic rings. The Labute approximate surface area is 171 Å². The van der Waals surface area contributed by atoms with Crippen molar-refractivity contribution in [1.29, 1.82) is 0 Å². The zero-order valence-electron chi connectivity index (χ0n) is 16.5. The van der Waals surface area contributed by atoms with Crippen LogP contribution in [0.2, 0.25) is 0 Å². The molecule has 1 aromatic heterocycles. The smallest absolute Gasteiger partial charge is 0.243 e. The third-order valence-electron chi connectivity index (χ3n) is 5.46. The lowest BCUT2D eigenvalue weighted by atomic mass is 10.2. The van der Waals surface area contributed by atoms with Crippen LogP contribution in [-0.2, 0) is 10.0 Å². The molecule has 0 bridgehead atoms. The molecule has 4 rings (SSSR count). The van der Waals surface area contributed by atoms with Gasteiger partial charge in [-0.1, -0.05) is 12.1 Å². The molecule has 0 radical (unpaired) electrons. The number of sulfonamides is 1. The molecule has 0 atom stereocenters. The predicted molar refractivity (Wildman–Crippen MR) is 111 cm³/mol. The van der Waals surface area contributed by atoms with Gasteiger partial charge in [-0.2, -0.15) is 9.29 Å².